The van der Waals surface area contributed by atoms with E-state index in [1.54, 1.807) is 6.08 Å². The molecular weight excluding hydrogens is 332 g/mol. The highest BCUT2D eigenvalue weighted by Crippen LogP contribution is 2.29. The molecule has 3 heterocycles. The van der Waals surface area contributed by atoms with Gasteiger partial charge in [0.2, 0.25) is 0 Å². The van der Waals surface area contributed by atoms with E-state index in [4.69, 9.17) is 4.98 Å². The largest absolute Gasteiger partial charge is 0.281 e. The van der Waals surface area contributed by atoms with Crippen LogP contribution < -0.4 is 10.3 Å². The smallest absolute Gasteiger partial charge is 0.274 e. The summed E-state index contributed by atoms with van der Waals surface area (Å²) in [4.78, 5) is 12.2. The van der Waals surface area contributed by atoms with Gasteiger partial charge in [-0.3, -0.25) is 10.3 Å². The molecule has 0 aliphatic heterocycles. The minimum atomic E-state index is 0.818. The summed E-state index contributed by atoms with van der Waals surface area (Å²) < 4.78 is 0. The van der Waals surface area contributed by atoms with Crippen LogP contribution in [0.3, 0.4) is 0 Å². The number of nitrogens with zero attached hydrogens (tertiary/aromatic N) is 2. The van der Waals surface area contributed by atoms with Crippen molar-refractivity contribution in [2.75, 3.05) is 11.9 Å². The zero-order valence-corrected chi connectivity index (χ0v) is 15.9. The number of aromatic nitrogens is 3. The molecule has 0 atom stereocenters. The number of pyridine rings is 3. The maximum absolute atomic E-state index is 4.86. The van der Waals surface area contributed by atoms with E-state index >= 15 is 0 Å². The van der Waals surface area contributed by atoms with Crippen molar-refractivity contribution in [3.05, 3.63) is 85.0 Å². The monoisotopic (exact) mass is 357 g/mol. The Balaban J connectivity index is 1.96. The van der Waals surface area contributed by atoms with Crippen LogP contribution in [-0.2, 0) is 6.42 Å². The predicted molar refractivity (Wildman–Crippen MR) is 113 cm³/mol. The second-order valence-corrected chi connectivity index (χ2v) is 6.40. The molecule has 3 aromatic heterocycles. The molecule has 0 spiro atoms. The van der Waals surface area contributed by atoms with Crippen molar-refractivity contribution < 1.29 is 4.98 Å². The van der Waals surface area contributed by atoms with E-state index in [2.05, 4.69) is 47.5 Å². The lowest BCUT2D eigenvalue weighted by Crippen LogP contribution is -2.16. The third-order valence-corrected chi connectivity index (χ3v) is 4.66. The molecule has 0 aliphatic rings. The van der Waals surface area contributed by atoms with Gasteiger partial charge < -0.3 is 0 Å². The van der Waals surface area contributed by atoms with E-state index in [0.717, 1.165) is 52.1 Å². The molecule has 0 aliphatic carbocycles. The number of nitrogens with one attached hydrogen (secondary N) is 2. The molecule has 0 amide bonds. The zero-order valence-electron chi connectivity index (χ0n) is 15.9. The molecule has 0 fully saturated rings. The average molecular weight is 357 g/mol. The minimum Gasteiger partial charge on any atom is -0.274 e. The number of hydrogen-bond donors (Lipinski definition) is 1. The second kappa shape index (κ2) is 8.41. The quantitative estimate of drug-likeness (QED) is 0.623. The Hall–Kier alpha value is -3.27. The summed E-state index contributed by atoms with van der Waals surface area (Å²) in [7, 11) is 0. The van der Waals surface area contributed by atoms with Crippen LogP contribution >= 0.6 is 0 Å². The van der Waals surface area contributed by atoms with Crippen molar-refractivity contribution in [2.45, 2.75) is 20.3 Å². The van der Waals surface area contributed by atoms with Crippen LogP contribution in [0.4, 0.5) is 5.82 Å². The molecule has 0 bridgehead atoms. The molecular formula is C23H25N4+. The summed E-state index contributed by atoms with van der Waals surface area (Å²) in [6.45, 7) is 12.9. The fourth-order valence-corrected chi connectivity index (χ4v) is 2.96. The summed E-state index contributed by atoms with van der Waals surface area (Å²) in [5, 5.41) is 4.56. The number of fused-ring (bicyclic) bond motifs is 1. The van der Waals surface area contributed by atoms with Gasteiger partial charge >= 0.3 is 0 Å². The van der Waals surface area contributed by atoms with Gasteiger partial charge in [-0.2, -0.15) is 0 Å². The summed E-state index contributed by atoms with van der Waals surface area (Å²) in [6, 6.07) is 8.23. The van der Waals surface area contributed by atoms with Crippen molar-refractivity contribution in [1.29, 1.82) is 0 Å². The van der Waals surface area contributed by atoms with Crippen LogP contribution in [-0.4, -0.2) is 16.5 Å². The van der Waals surface area contributed by atoms with Gasteiger partial charge in [-0.25, -0.2) is 9.97 Å². The number of H-pyrrole nitrogens is 1. The fraction of sp³-hybridized carbons (Fsp3) is 0.174. The van der Waals surface area contributed by atoms with Gasteiger partial charge in [0.1, 0.15) is 0 Å². The number of aromatic amines is 1. The maximum Gasteiger partial charge on any atom is 0.281 e. The van der Waals surface area contributed by atoms with E-state index in [0.29, 0.717) is 0 Å². The molecule has 4 nitrogen and oxygen atoms in total. The molecule has 4 heteroatoms. The van der Waals surface area contributed by atoms with Crippen LogP contribution in [0.15, 0.2) is 68.2 Å². The van der Waals surface area contributed by atoms with E-state index in [9.17, 15) is 0 Å². The summed E-state index contributed by atoms with van der Waals surface area (Å²) in [5.74, 6) is 0.968. The van der Waals surface area contributed by atoms with Crippen molar-refractivity contribution >= 4 is 27.9 Å². The van der Waals surface area contributed by atoms with Gasteiger partial charge in [0.25, 0.3) is 5.82 Å². The highest BCUT2D eigenvalue weighted by molar-refractivity contribution is 5.93. The maximum atomic E-state index is 4.86. The van der Waals surface area contributed by atoms with E-state index in [1.807, 2.05) is 43.7 Å². The van der Waals surface area contributed by atoms with Gasteiger partial charge in [-0.05, 0) is 48.8 Å². The first-order valence-corrected chi connectivity index (χ1v) is 9.07. The van der Waals surface area contributed by atoms with Gasteiger partial charge in [0.15, 0.2) is 0 Å². The molecule has 0 radical (unpaired) electrons. The van der Waals surface area contributed by atoms with Gasteiger partial charge in [0.05, 0.1) is 29.3 Å². The third kappa shape index (κ3) is 4.11. The molecule has 0 unspecified atom stereocenters. The van der Waals surface area contributed by atoms with Gasteiger partial charge in [0, 0.05) is 30.4 Å². The third-order valence-electron chi connectivity index (χ3n) is 4.66. The lowest BCUT2D eigenvalue weighted by molar-refractivity contribution is -0.359. The first kappa shape index (κ1) is 18.5. The summed E-state index contributed by atoms with van der Waals surface area (Å²) in [5.41, 5.74) is 6.12. The zero-order chi connectivity index (χ0) is 19.2. The molecule has 3 aromatic rings. The van der Waals surface area contributed by atoms with Crippen molar-refractivity contribution in [2.24, 2.45) is 0 Å². The molecule has 2 N–H and O–H groups in total. The first-order valence-electron chi connectivity index (χ1n) is 9.07. The first-order chi connectivity index (χ1) is 13.1. The number of rotatable bonds is 7. The second-order valence-electron chi connectivity index (χ2n) is 6.40. The summed E-state index contributed by atoms with van der Waals surface area (Å²) in [6.07, 6.45) is 10.3. The van der Waals surface area contributed by atoms with Gasteiger partial charge in [-0.15, -0.1) is 0 Å². The lowest BCUT2D eigenvalue weighted by Gasteiger charge is -2.12. The Morgan fingerprint density at radius 3 is 2.74 bits per heavy atom. The lowest BCUT2D eigenvalue weighted by atomic mass is 9.99. The van der Waals surface area contributed by atoms with Crippen LogP contribution in [0, 0.1) is 0 Å². The normalized spacial score (nSPS) is 11.4. The topological polar surface area (TPSA) is 52.0 Å². The average Bonchev–Trinajstić information content (AvgIpc) is 2.72. The molecule has 0 aromatic carbocycles. The SMILES string of the molecule is C=CC(=C)c1nc2cc[nH+]c(NCCc3ccncc3)c2cc1C(C)=CC. The standard InChI is InChI=1S/C23H24N4/c1-5-16(3)19-15-20-21(27-22(19)17(4)6-2)10-14-26-23(20)25-13-9-18-7-11-24-12-8-18/h5-8,10-12,14-15H,2,4,9,13H2,1,3H3,(H,25,26)/p+1. The molecule has 136 valence electrons. The van der Waals surface area contributed by atoms with Crippen molar-refractivity contribution in [3.63, 3.8) is 0 Å². The Morgan fingerprint density at radius 1 is 1.26 bits per heavy atom. The van der Waals surface area contributed by atoms with Gasteiger partial charge in [-0.1, -0.05) is 25.3 Å². The minimum absolute atomic E-state index is 0.818. The van der Waals surface area contributed by atoms with Crippen LogP contribution in [0.25, 0.3) is 22.0 Å². The highest BCUT2D eigenvalue weighted by Gasteiger charge is 2.15. The van der Waals surface area contributed by atoms with Crippen LogP contribution in [0.5, 0.6) is 0 Å². The van der Waals surface area contributed by atoms with Crippen LogP contribution in [0.2, 0.25) is 0 Å². The van der Waals surface area contributed by atoms with Crippen molar-refractivity contribution in [3.8, 4) is 0 Å². The highest BCUT2D eigenvalue weighted by atomic mass is 15.0. The molecule has 27 heavy (non-hydrogen) atoms. The van der Waals surface area contributed by atoms with E-state index < -0.39 is 0 Å². The Kier molecular flexibility index (Phi) is 5.77. The Labute approximate surface area is 160 Å². The van der Waals surface area contributed by atoms with E-state index in [-0.39, 0.29) is 0 Å². The molecule has 3 rings (SSSR count). The number of anilines is 1. The predicted octanol–water partition coefficient (Wildman–Crippen LogP) is 4.72. The molecule has 0 saturated heterocycles. The van der Waals surface area contributed by atoms with E-state index in [1.165, 1.54) is 5.56 Å². The van der Waals surface area contributed by atoms with Crippen LogP contribution in [0.1, 0.15) is 30.7 Å². The van der Waals surface area contributed by atoms with Crippen molar-refractivity contribution in [1.82, 2.24) is 9.97 Å². The number of hydrogen-bond acceptors (Lipinski definition) is 3. The Morgan fingerprint density at radius 2 is 2.04 bits per heavy atom. The summed E-state index contributed by atoms with van der Waals surface area (Å²) >= 11 is 0. The molecule has 0 saturated carbocycles. The Bertz CT molecular complexity index is 1000. The number of allylic oxidation sites excluding steroid dienone is 4. The fourth-order valence-electron chi connectivity index (χ4n) is 2.96.